The van der Waals surface area contributed by atoms with Crippen LogP contribution >= 0.6 is 0 Å². The van der Waals surface area contributed by atoms with E-state index in [2.05, 4.69) is 58.6 Å². The summed E-state index contributed by atoms with van der Waals surface area (Å²) in [6, 6.07) is 10.1. The number of fused-ring (bicyclic) bond motifs is 1. The summed E-state index contributed by atoms with van der Waals surface area (Å²) in [6.07, 6.45) is 4.28. The van der Waals surface area contributed by atoms with E-state index in [-0.39, 0.29) is 0 Å². The summed E-state index contributed by atoms with van der Waals surface area (Å²) >= 11 is 0. The molecule has 7 heteroatoms. The van der Waals surface area contributed by atoms with Crippen LogP contribution in [0.1, 0.15) is 25.0 Å². The first-order chi connectivity index (χ1) is 14.1. The highest BCUT2D eigenvalue weighted by Gasteiger charge is 2.19. The zero-order chi connectivity index (χ0) is 20.8. The maximum atomic E-state index is 5.57. The van der Waals surface area contributed by atoms with E-state index in [1.165, 1.54) is 11.9 Å². The number of anilines is 1. The minimum absolute atomic E-state index is 0.477. The van der Waals surface area contributed by atoms with Gasteiger partial charge in [0.05, 0.1) is 38.4 Å². The fraction of sp³-hybridized carbons (Fsp3) is 0.318. The number of aromatic nitrogens is 2. The Kier molecular flexibility index (Phi) is 6.49. The molecule has 0 bridgehead atoms. The lowest BCUT2D eigenvalue weighted by Gasteiger charge is -2.15. The molecule has 0 spiro atoms. The normalized spacial score (nSPS) is 11.2. The van der Waals surface area contributed by atoms with E-state index in [0.29, 0.717) is 39.9 Å². The minimum atomic E-state index is 0.477. The first-order valence-electron chi connectivity index (χ1n) is 9.39. The number of methoxy groups -OCH3 is 3. The third kappa shape index (κ3) is 4.56. The van der Waals surface area contributed by atoms with Gasteiger partial charge in [-0.25, -0.2) is 9.97 Å². The number of hydrogen-bond donors (Lipinski definition) is 1. The first kappa shape index (κ1) is 20.4. The standard InChI is InChI=1S/C22H26N4O3/c1-14(2)10-15-6-8-16(9-7-15)12-25-26-22-19-17(23-13-24-22)11-18(27-3)20(28-4)21(19)29-5/h6-9,11-14H,10H2,1-5H3,(H,23,24,26)/b25-12+. The van der Waals surface area contributed by atoms with Crippen molar-refractivity contribution in [1.29, 1.82) is 0 Å². The summed E-state index contributed by atoms with van der Waals surface area (Å²) in [5.74, 6) is 2.64. The number of hydrazone groups is 1. The molecule has 3 aromatic rings. The van der Waals surface area contributed by atoms with Crippen LogP contribution < -0.4 is 19.6 Å². The predicted molar refractivity (Wildman–Crippen MR) is 115 cm³/mol. The van der Waals surface area contributed by atoms with Crippen LogP contribution in [0.3, 0.4) is 0 Å². The van der Waals surface area contributed by atoms with Gasteiger partial charge >= 0.3 is 0 Å². The zero-order valence-corrected chi connectivity index (χ0v) is 17.4. The molecule has 0 aliphatic carbocycles. The van der Waals surface area contributed by atoms with E-state index >= 15 is 0 Å². The largest absolute Gasteiger partial charge is 0.493 e. The quantitative estimate of drug-likeness (QED) is 0.453. The van der Waals surface area contributed by atoms with E-state index in [1.54, 1.807) is 33.6 Å². The molecule has 7 nitrogen and oxygen atoms in total. The van der Waals surface area contributed by atoms with Gasteiger partial charge in [0.25, 0.3) is 0 Å². The van der Waals surface area contributed by atoms with Crippen molar-refractivity contribution in [3.63, 3.8) is 0 Å². The maximum absolute atomic E-state index is 5.57. The Hall–Kier alpha value is -3.35. The monoisotopic (exact) mass is 394 g/mol. The third-order valence-electron chi connectivity index (χ3n) is 4.44. The molecule has 0 aliphatic rings. The van der Waals surface area contributed by atoms with Gasteiger partial charge in [-0.1, -0.05) is 38.1 Å². The molecular formula is C22H26N4O3. The molecule has 0 amide bonds. The lowest BCUT2D eigenvalue weighted by atomic mass is 10.0. The average Bonchev–Trinajstić information content (AvgIpc) is 2.73. The highest BCUT2D eigenvalue weighted by molar-refractivity contribution is 5.98. The minimum Gasteiger partial charge on any atom is -0.493 e. The molecule has 152 valence electrons. The van der Waals surface area contributed by atoms with Crippen LogP contribution in [0.4, 0.5) is 5.82 Å². The lowest BCUT2D eigenvalue weighted by Crippen LogP contribution is -2.01. The summed E-state index contributed by atoms with van der Waals surface area (Å²) < 4.78 is 16.4. The zero-order valence-electron chi connectivity index (χ0n) is 17.4. The number of hydrogen-bond acceptors (Lipinski definition) is 7. The van der Waals surface area contributed by atoms with Gasteiger partial charge in [-0.2, -0.15) is 5.10 Å². The van der Waals surface area contributed by atoms with Gasteiger partial charge in [-0.15, -0.1) is 0 Å². The van der Waals surface area contributed by atoms with Gasteiger partial charge in [0.2, 0.25) is 5.75 Å². The molecule has 1 aromatic heterocycles. The van der Waals surface area contributed by atoms with Crippen LogP contribution in [0.15, 0.2) is 41.8 Å². The van der Waals surface area contributed by atoms with Crippen LogP contribution in [-0.2, 0) is 6.42 Å². The van der Waals surface area contributed by atoms with Crippen molar-refractivity contribution >= 4 is 22.9 Å². The second-order valence-corrected chi connectivity index (χ2v) is 6.97. The van der Waals surface area contributed by atoms with Crippen LogP contribution in [0, 0.1) is 5.92 Å². The fourth-order valence-electron chi connectivity index (χ4n) is 3.15. The molecule has 1 N–H and O–H groups in total. The summed E-state index contributed by atoms with van der Waals surface area (Å²) in [5.41, 5.74) is 5.96. The lowest BCUT2D eigenvalue weighted by molar-refractivity contribution is 0.327. The van der Waals surface area contributed by atoms with Crippen molar-refractivity contribution in [3.8, 4) is 17.2 Å². The molecule has 0 saturated carbocycles. The van der Waals surface area contributed by atoms with Crippen molar-refractivity contribution in [3.05, 3.63) is 47.8 Å². The van der Waals surface area contributed by atoms with Crippen molar-refractivity contribution in [2.45, 2.75) is 20.3 Å². The van der Waals surface area contributed by atoms with Gasteiger partial charge in [0, 0.05) is 6.07 Å². The van der Waals surface area contributed by atoms with Gasteiger partial charge in [0.15, 0.2) is 17.3 Å². The summed E-state index contributed by atoms with van der Waals surface area (Å²) in [6.45, 7) is 4.42. The fourth-order valence-corrected chi connectivity index (χ4v) is 3.15. The SMILES string of the molecule is COc1cc2ncnc(N/N=C/c3ccc(CC(C)C)cc3)c2c(OC)c1OC. The predicted octanol–water partition coefficient (Wildman–Crippen LogP) is 4.30. The number of nitrogens with zero attached hydrogens (tertiary/aromatic N) is 3. The number of nitrogens with one attached hydrogen (secondary N) is 1. The second kappa shape index (κ2) is 9.23. The van der Waals surface area contributed by atoms with Crippen molar-refractivity contribution < 1.29 is 14.2 Å². The average molecular weight is 394 g/mol. The van der Waals surface area contributed by atoms with E-state index < -0.39 is 0 Å². The summed E-state index contributed by atoms with van der Waals surface area (Å²) in [5, 5.41) is 5.00. The van der Waals surface area contributed by atoms with Crippen LogP contribution in [-0.4, -0.2) is 37.5 Å². The first-order valence-corrected chi connectivity index (χ1v) is 9.39. The molecule has 0 fully saturated rings. The summed E-state index contributed by atoms with van der Waals surface area (Å²) in [7, 11) is 4.69. The molecule has 0 unspecified atom stereocenters. The highest BCUT2D eigenvalue weighted by atomic mass is 16.5. The molecule has 29 heavy (non-hydrogen) atoms. The third-order valence-corrected chi connectivity index (χ3v) is 4.44. The number of ether oxygens (including phenoxy) is 3. The van der Waals surface area contributed by atoms with Crippen LogP contribution in [0.2, 0.25) is 0 Å². The van der Waals surface area contributed by atoms with E-state index in [0.717, 1.165) is 12.0 Å². The molecule has 2 aromatic carbocycles. The van der Waals surface area contributed by atoms with Gasteiger partial charge in [-0.05, 0) is 23.5 Å². The Morgan fingerprint density at radius 2 is 1.72 bits per heavy atom. The van der Waals surface area contributed by atoms with Crippen LogP contribution in [0.25, 0.3) is 10.9 Å². The van der Waals surface area contributed by atoms with Gasteiger partial charge in [0.1, 0.15) is 6.33 Å². The second-order valence-electron chi connectivity index (χ2n) is 6.97. The van der Waals surface area contributed by atoms with Crippen molar-refractivity contribution in [1.82, 2.24) is 9.97 Å². The van der Waals surface area contributed by atoms with Crippen molar-refractivity contribution in [2.75, 3.05) is 26.8 Å². The molecular weight excluding hydrogens is 368 g/mol. The molecule has 1 heterocycles. The Balaban J connectivity index is 1.89. The molecule has 3 rings (SSSR count). The van der Waals surface area contributed by atoms with Crippen LogP contribution in [0.5, 0.6) is 17.2 Å². The van der Waals surface area contributed by atoms with Gasteiger partial charge in [-0.3, -0.25) is 5.43 Å². The topological polar surface area (TPSA) is 77.9 Å². The Morgan fingerprint density at radius 3 is 2.34 bits per heavy atom. The van der Waals surface area contributed by atoms with Crippen molar-refractivity contribution in [2.24, 2.45) is 11.0 Å². The smallest absolute Gasteiger partial charge is 0.204 e. The Morgan fingerprint density at radius 1 is 1.00 bits per heavy atom. The van der Waals surface area contributed by atoms with E-state index in [9.17, 15) is 0 Å². The number of benzene rings is 2. The highest BCUT2D eigenvalue weighted by Crippen LogP contribution is 2.44. The molecule has 0 atom stereocenters. The van der Waals surface area contributed by atoms with E-state index in [4.69, 9.17) is 14.2 Å². The van der Waals surface area contributed by atoms with Gasteiger partial charge < -0.3 is 14.2 Å². The molecule has 0 aliphatic heterocycles. The Labute approximate surface area is 170 Å². The number of rotatable bonds is 8. The molecule has 0 saturated heterocycles. The molecule has 0 radical (unpaired) electrons. The summed E-state index contributed by atoms with van der Waals surface area (Å²) in [4.78, 5) is 8.63. The maximum Gasteiger partial charge on any atom is 0.204 e. The van der Waals surface area contributed by atoms with E-state index in [1.807, 2.05) is 0 Å². The Bertz CT molecular complexity index is 1000.